The standard InChI is InChI=1S/C16H15N5O2/c22-15-13-12(11-1-4-17-5-2-11)3-6-18-14(13)19-16(20-15)21-7-9-23-10-8-21/h1-6H,7-10H2,(H,18,19,20,22). The first-order valence-corrected chi connectivity index (χ1v) is 7.45. The summed E-state index contributed by atoms with van der Waals surface area (Å²) >= 11 is 0. The van der Waals surface area contributed by atoms with Crippen molar-refractivity contribution in [2.24, 2.45) is 0 Å². The van der Waals surface area contributed by atoms with Crippen LogP contribution in [0.5, 0.6) is 0 Å². The first-order chi connectivity index (χ1) is 11.3. The van der Waals surface area contributed by atoms with Gasteiger partial charge in [-0.2, -0.15) is 4.98 Å². The first kappa shape index (κ1) is 13.8. The Morgan fingerprint density at radius 1 is 1.09 bits per heavy atom. The number of H-pyrrole nitrogens is 1. The predicted molar refractivity (Wildman–Crippen MR) is 86.4 cm³/mol. The highest BCUT2D eigenvalue weighted by molar-refractivity contribution is 5.91. The van der Waals surface area contributed by atoms with Crippen molar-refractivity contribution >= 4 is 17.0 Å². The summed E-state index contributed by atoms with van der Waals surface area (Å²) in [4.78, 5) is 30.3. The molecule has 1 aliphatic rings. The lowest BCUT2D eigenvalue weighted by Gasteiger charge is -2.27. The predicted octanol–water partition coefficient (Wildman–Crippen LogP) is 1.22. The van der Waals surface area contributed by atoms with E-state index >= 15 is 0 Å². The molecule has 0 amide bonds. The molecule has 1 fully saturated rings. The summed E-state index contributed by atoms with van der Waals surface area (Å²) in [5.41, 5.74) is 1.99. The molecule has 7 heteroatoms. The average molecular weight is 309 g/mol. The van der Waals surface area contributed by atoms with Crippen LogP contribution in [-0.4, -0.2) is 46.2 Å². The van der Waals surface area contributed by atoms with Gasteiger partial charge in [0.25, 0.3) is 5.56 Å². The van der Waals surface area contributed by atoms with Crippen molar-refractivity contribution < 1.29 is 4.74 Å². The third-order valence-corrected chi connectivity index (χ3v) is 3.90. The van der Waals surface area contributed by atoms with Crippen molar-refractivity contribution in [2.45, 2.75) is 0 Å². The topological polar surface area (TPSA) is 84.0 Å². The van der Waals surface area contributed by atoms with Crippen molar-refractivity contribution in [3.8, 4) is 11.1 Å². The van der Waals surface area contributed by atoms with E-state index in [1.54, 1.807) is 18.6 Å². The van der Waals surface area contributed by atoms with E-state index < -0.39 is 0 Å². The molecular formula is C16H15N5O2. The summed E-state index contributed by atoms with van der Waals surface area (Å²) in [6.45, 7) is 2.68. The Morgan fingerprint density at radius 2 is 1.87 bits per heavy atom. The Bertz CT molecular complexity index is 888. The lowest BCUT2D eigenvalue weighted by molar-refractivity contribution is 0.122. The van der Waals surface area contributed by atoms with E-state index in [4.69, 9.17) is 4.74 Å². The van der Waals surface area contributed by atoms with Crippen LogP contribution in [0.3, 0.4) is 0 Å². The van der Waals surface area contributed by atoms with Gasteiger partial charge in [0.05, 0.1) is 18.6 Å². The van der Waals surface area contributed by atoms with Gasteiger partial charge in [0.1, 0.15) is 0 Å². The monoisotopic (exact) mass is 309 g/mol. The number of morpholine rings is 1. The fraction of sp³-hybridized carbons (Fsp3) is 0.250. The van der Waals surface area contributed by atoms with Crippen LogP contribution >= 0.6 is 0 Å². The van der Waals surface area contributed by atoms with Gasteiger partial charge in [-0.25, -0.2) is 4.98 Å². The molecule has 1 N–H and O–H groups in total. The van der Waals surface area contributed by atoms with Crippen LogP contribution in [0.1, 0.15) is 0 Å². The van der Waals surface area contributed by atoms with Gasteiger partial charge < -0.3 is 9.64 Å². The number of hydrogen-bond donors (Lipinski definition) is 1. The maximum atomic E-state index is 12.6. The molecule has 7 nitrogen and oxygen atoms in total. The second-order valence-corrected chi connectivity index (χ2v) is 5.28. The van der Waals surface area contributed by atoms with Crippen molar-refractivity contribution in [1.29, 1.82) is 0 Å². The molecule has 3 aromatic heterocycles. The first-order valence-electron chi connectivity index (χ1n) is 7.45. The Balaban J connectivity index is 1.87. The van der Waals surface area contributed by atoms with Crippen LogP contribution in [0.15, 0.2) is 41.6 Å². The van der Waals surface area contributed by atoms with E-state index in [1.807, 2.05) is 23.1 Å². The number of aromatic amines is 1. The number of nitrogens with one attached hydrogen (secondary N) is 1. The van der Waals surface area contributed by atoms with Gasteiger partial charge >= 0.3 is 0 Å². The number of nitrogens with zero attached hydrogens (tertiary/aromatic N) is 4. The summed E-state index contributed by atoms with van der Waals surface area (Å²) in [6, 6.07) is 5.55. The smallest absolute Gasteiger partial charge is 0.262 e. The van der Waals surface area contributed by atoms with E-state index in [-0.39, 0.29) is 5.56 Å². The fourth-order valence-electron chi connectivity index (χ4n) is 2.75. The highest BCUT2D eigenvalue weighted by atomic mass is 16.5. The van der Waals surface area contributed by atoms with E-state index in [1.165, 1.54) is 0 Å². The zero-order chi connectivity index (χ0) is 15.6. The highest BCUT2D eigenvalue weighted by Crippen LogP contribution is 2.24. The molecule has 0 saturated carbocycles. The molecule has 4 heterocycles. The lowest BCUT2D eigenvalue weighted by Crippen LogP contribution is -2.38. The molecule has 0 aliphatic carbocycles. The van der Waals surface area contributed by atoms with E-state index in [0.717, 1.165) is 11.1 Å². The fourth-order valence-corrected chi connectivity index (χ4v) is 2.75. The molecule has 4 rings (SSSR count). The van der Waals surface area contributed by atoms with E-state index in [9.17, 15) is 4.79 Å². The van der Waals surface area contributed by atoms with Gasteiger partial charge in [-0.3, -0.25) is 14.8 Å². The van der Waals surface area contributed by atoms with Crippen molar-refractivity contribution in [3.63, 3.8) is 0 Å². The summed E-state index contributed by atoms with van der Waals surface area (Å²) in [6.07, 6.45) is 5.07. The molecule has 0 aromatic carbocycles. The van der Waals surface area contributed by atoms with E-state index in [0.29, 0.717) is 43.3 Å². The number of pyridine rings is 2. The number of ether oxygens (including phenoxy) is 1. The van der Waals surface area contributed by atoms with Crippen LogP contribution in [0, 0.1) is 0 Å². The van der Waals surface area contributed by atoms with Crippen LogP contribution in [-0.2, 0) is 4.74 Å². The molecule has 1 aliphatic heterocycles. The molecule has 0 unspecified atom stereocenters. The van der Waals surface area contributed by atoms with Crippen molar-refractivity contribution in [1.82, 2.24) is 19.9 Å². The molecule has 0 bridgehead atoms. The average Bonchev–Trinajstić information content (AvgIpc) is 2.62. The molecular weight excluding hydrogens is 294 g/mol. The Morgan fingerprint density at radius 3 is 2.65 bits per heavy atom. The third kappa shape index (κ3) is 2.55. The second-order valence-electron chi connectivity index (χ2n) is 5.28. The maximum Gasteiger partial charge on any atom is 0.262 e. The molecule has 1 saturated heterocycles. The van der Waals surface area contributed by atoms with Crippen molar-refractivity contribution in [2.75, 3.05) is 31.2 Å². The van der Waals surface area contributed by atoms with Crippen LogP contribution in [0.4, 0.5) is 5.95 Å². The summed E-state index contributed by atoms with van der Waals surface area (Å²) < 4.78 is 5.33. The number of aromatic nitrogens is 4. The summed E-state index contributed by atoms with van der Waals surface area (Å²) in [7, 11) is 0. The van der Waals surface area contributed by atoms with Gasteiger partial charge in [0.2, 0.25) is 5.95 Å². The largest absolute Gasteiger partial charge is 0.378 e. The Hall–Kier alpha value is -2.80. The SMILES string of the molecule is O=c1[nH]c(N2CCOCC2)nc2nccc(-c3ccncc3)c12. The molecule has 23 heavy (non-hydrogen) atoms. The molecule has 0 atom stereocenters. The van der Waals surface area contributed by atoms with Crippen molar-refractivity contribution in [3.05, 3.63) is 47.1 Å². The van der Waals surface area contributed by atoms with Gasteiger partial charge in [0.15, 0.2) is 5.65 Å². The van der Waals surface area contributed by atoms with Gasteiger partial charge in [-0.1, -0.05) is 0 Å². The Kier molecular flexibility index (Phi) is 3.47. The number of anilines is 1. The van der Waals surface area contributed by atoms with Gasteiger partial charge in [-0.05, 0) is 29.3 Å². The number of hydrogen-bond acceptors (Lipinski definition) is 6. The summed E-state index contributed by atoms with van der Waals surface area (Å²) in [5, 5.41) is 0.496. The van der Waals surface area contributed by atoms with Gasteiger partial charge in [-0.15, -0.1) is 0 Å². The Labute approximate surface area is 132 Å². The van der Waals surface area contributed by atoms with Crippen LogP contribution in [0.25, 0.3) is 22.2 Å². The zero-order valence-electron chi connectivity index (χ0n) is 12.4. The maximum absolute atomic E-state index is 12.6. The zero-order valence-corrected chi connectivity index (χ0v) is 12.4. The lowest BCUT2D eigenvalue weighted by atomic mass is 10.1. The highest BCUT2D eigenvalue weighted by Gasteiger charge is 2.17. The molecule has 3 aromatic rings. The quantitative estimate of drug-likeness (QED) is 0.766. The van der Waals surface area contributed by atoms with Gasteiger partial charge in [0, 0.05) is 31.7 Å². The molecule has 116 valence electrons. The second kappa shape index (κ2) is 5.77. The van der Waals surface area contributed by atoms with Crippen LogP contribution in [0.2, 0.25) is 0 Å². The van der Waals surface area contributed by atoms with E-state index in [2.05, 4.69) is 19.9 Å². The molecule has 0 radical (unpaired) electrons. The number of fused-ring (bicyclic) bond motifs is 1. The third-order valence-electron chi connectivity index (χ3n) is 3.90. The molecule has 0 spiro atoms. The summed E-state index contributed by atoms with van der Waals surface area (Å²) in [5.74, 6) is 0.546. The minimum Gasteiger partial charge on any atom is -0.378 e. The minimum absolute atomic E-state index is 0.184. The minimum atomic E-state index is -0.184. The van der Waals surface area contributed by atoms with Crippen LogP contribution < -0.4 is 10.5 Å². The number of rotatable bonds is 2. The normalized spacial score (nSPS) is 15.0.